The fraction of sp³-hybridized carbons (Fsp3) is 0.462. The number of rotatable bonds is 8. The Morgan fingerprint density at radius 2 is 2.04 bits per heavy atom. The van der Waals surface area contributed by atoms with Gasteiger partial charge >= 0.3 is 6.09 Å². The summed E-state index contributed by atoms with van der Waals surface area (Å²) in [5.74, 6) is -0.242. The average molecular weight is 345 g/mol. The maximum Gasteiger partial charge on any atom is 0.404 e. The fourth-order valence-corrected chi connectivity index (χ4v) is 3.43. The minimum atomic E-state index is -4.04. The van der Waals surface area contributed by atoms with Crippen molar-refractivity contribution in [3.05, 3.63) is 34.4 Å². The summed E-state index contributed by atoms with van der Waals surface area (Å²) in [6, 6.07) is 5.12. The maximum absolute atomic E-state index is 12.5. The van der Waals surface area contributed by atoms with Crippen LogP contribution in [0.15, 0.2) is 29.2 Å². The molecule has 2 N–H and O–H groups in total. The molecule has 10 heteroatoms. The highest BCUT2D eigenvalue weighted by Crippen LogP contribution is 2.26. The van der Waals surface area contributed by atoms with Gasteiger partial charge in [0.2, 0.25) is 10.0 Å². The largest absolute Gasteiger partial charge is 0.465 e. The molecule has 1 rings (SSSR count). The van der Waals surface area contributed by atoms with Gasteiger partial charge in [0.05, 0.1) is 4.92 Å². The highest BCUT2D eigenvalue weighted by atomic mass is 32.2. The van der Waals surface area contributed by atoms with Crippen LogP contribution in [0.3, 0.4) is 0 Å². The Labute approximate surface area is 134 Å². The summed E-state index contributed by atoms with van der Waals surface area (Å²) in [6.07, 6.45) is -0.635. The van der Waals surface area contributed by atoms with Crippen molar-refractivity contribution < 1.29 is 23.2 Å². The van der Waals surface area contributed by atoms with Crippen molar-refractivity contribution in [1.29, 1.82) is 0 Å². The molecule has 9 nitrogen and oxygen atoms in total. The summed E-state index contributed by atoms with van der Waals surface area (Å²) >= 11 is 0. The Kier molecular flexibility index (Phi) is 6.46. The lowest BCUT2D eigenvalue weighted by atomic mass is 10.1. The first-order valence-electron chi connectivity index (χ1n) is 6.86. The summed E-state index contributed by atoms with van der Waals surface area (Å²) < 4.78 is 26.1. The van der Waals surface area contributed by atoms with Gasteiger partial charge in [-0.25, -0.2) is 17.5 Å². The number of nitro groups is 1. The molecule has 0 aliphatic rings. The van der Waals surface area contributed by atoms with Gasteiger partial charge in [-0.2, -0.15) is 0 Å². The van der Waals surface area contributed by atoms with Gasteiger partial charge in [0.25, 0.3) is 5.69 Å². The highest BCUT2D eigenvalue weighted by Gasteiger charge is 2.30. The van der Waals surface area contributed by atoms with Crippen molar-refractivity contribution in [2.75, 3.05) is 20.1 Å². The molecule has 1 unspecified atom stereocenters. The first-order chi connectivity index (χ1) is 10.7. The zero-order chi connectivity index (χ0) is 17.6. The highest BCUT2D eigenvalue weighted by molar-refractivity contribution is 7.89. The molecule has 1 aromatic carbocycles. The Morgan fingerprint density at radius 1 is 1.43 bits per heavy atom. The van der Waals surface area contributed by atoms with Gasteiger partial charge in [-0.15, -0.1) is 0 Å². The molecule has 0 aliphatic heterocycles. The smallest absolute Gasteiger partial charge is 0.404 e. The number of carbonyl (C=O) groups is 1. The number of nitrogens with one attached hydrogen (secondary N) is 1. The molecule has 23 heavy (non-hydrogen) atoms. The van der Waals surface area contributed by atoms with Gasteiger partial charge in [-0.05, 0) is 12.0 Å². The SMILES string of the molecule is CCC(CNC(=O)O)CN(C)S(=O)(=O)c1ccccc1[N+](=O)[O-]. The van der Waals surface area contributed by atoms with Crippen molar-refractivity contribution in [3.8, 4) is 0 Å². The summed E-state index contributed by atoms with van der Waals surface area (Å²) in [5, 5.41) is 21.8. The topological polar surface area (TPSA) is 130 Å². The third-order valence-electron chi connectivity index (χ3n) is 3.38. The van der Waals surface area contributed by atoms with Crippen LogP contribution in [0.25, 0.3) is 0 Å². The molecule has 128 valence electrons. The maximum atomic E-state index is 12.5. The van der Waals surface area contributed by atoms with Crippen molar-refractivity contribution >= 4 is 21.8 Å². The number of carboxylic acid groups (broad SMARTS) is 1. The Morgan fingerprint density at radius 3 is 2.57 bits per heavy atom. The normalized spacial score (nSPS) is 12.8. The van der Waals surface area contributed by atoms with Crippen LogP contribution < -0.4 is 5.32 Å². The quantitative estimate of drug-likeness (QED) is 0.542. The minimum Gasteiger partial charge on any atom is -0.465 e. The summed E-state index contributed by atoms with van der Waals surface area (Å²) in [6.45, 7) is 1.95. The molecule has 1 amide bonds. The van der Waals surface area contributed by atoms with Gasteiger partial charge in [0, 0.05) is 26.2 Å². The number of hydrogen-bond acceptors (Lipinski definition) is 5. The van der Waals surface area contributed by atoms with Crippen molar-refractivity contribution in [2.45, 2.75) is 18.2 Å². The number of amides is 1. The van der Waals surface area contributed by atoms with E-state index in [4.69, 9.17) is 5.11 Å². The second-order valence-corrected chi connectivity index (χ2v) is 6.98. The third kappa shape index (κ3) is 4.89. The van der Waals surface area contributed by atoms with E-state index in [0.717, 1.165) is 10.4 Å². The lowest BCUT2D eigenvalue weighted by molar-refractivity contribution is -0.387. The molecule has 1 aromatic rings. The summed E-state index contributed by atoms with van der Waals surface area (Å²) in [5.41, 5.74) is -0.490. The lowest BCUT2D eigenvalue weighted by Crippen LogP contribution is -2.37. The molecule has 0 heterocycles. The predicted octanol–water partition coefficient (Wildman–Crippen LogP) is 1.51. The molecule has 0 fully saturated rings. The number of nitro benzene ring substituents is 1. The predicted molar refractivity (Wildman–Crippen MR) is 82.7 cm³/mol. The van der Waals surface area contributed by atoms with Crippen LogP contribution in [0, 0.1) is 16.0 Å². The zero-order valence-corrected chi connectivity index (χ0v) is 13.6. The second-order valence-electron chi connectivity index (χ2n) is 4.97. The zero-order valence-electron chi connectivity index (χ0n) is 12.8. The van der Waals surface area contributed by atoms with E-state index in [0.29, 0.717) is 6.42 Å². The van der Waals surface area contributed by atoms with E-state index in [9.17, 15) is 23.3 Å². The van der Waals surface area contributed by atoms with Crippen LogP contribution >= 0.6 is 0 Å². The minimum absolute atomic E-state index is 0.0468. The van der Waals surface area contributed by atoms with Crippen LogP contribution in [0.2, 0.25) is 0 Å². The first-order valence-corrected chi connectivity index (χ1v) is 8.30. The standard InChI is InChI=1S/C13H19N3O6S/c1-3-10(8-14-13(17)18)9-15(2)23(21,22)12-7-5-4-6-11(12)16(19)20/h4-7,10,14H,3,8-9H2,1-2H3,(H,17,18). The van der Waals surface area contributed by atoms with E-state index < -0.39 is 26.7 Å². The van der Waals surface area contributed by atoms with Gasteiger partial charge in [-0.1, -0.05) is 25.5 Å². The van der Waals surface area contributed by atoms with E-state index in [2.05, 4.69) is 5.32 Å². The molecule has 0 aromatic heterocycles. The fourth-order valence-electron chi connectivity index (χ4n) is 2.03. The van der Waals surface area contributed by atoms with Gasteiger partial charge in [0.15, 0.2) is 4.90 Å². The molecule has 0 aliphatic carbocycles. The monoisotopic (exact) mass is 345 g/mol. The van der Waals surface area contributed by atoms with Crippen LogP contribution in [0.5, 0.6) is 0 Å². The van der Waals surface area contributed by atoms with Gasteiger partial charge < -0.3 is 10.4 Å². The van der Waals surface area contributed by atoms with E-state index in [1.54, 1.807) is 6.92 Å². The Balaban J connectivity index is 2.99. The number of sulfonamides is 1. The molecule has 1 atom stereocenters. The molecule has 0 bridgehead atoms. The van der Waals surface area contributed by atoms with Crippen LogP contribution in [0.4, 0.5) is 10.5 Å². The van der Waals surface area contributed by atoms with Gasteiger partial charge in [-0.3, -0.25) is 10.1 Å². The molecular weight excluding hydrogens is 326 g/mol. The number of hydrogen-bond donors (Lipinski definition) is 2. The first kappa shape index (κ1) is 18.8. The van der Waals surface area contributed by atoms with E-state index in [1.165, 1.54) is 25.2 Å². The third-order valence-corrected chi connectivity index (χ3v) is 5.26. The number of nitrogens with zero attached hydrogens (tertiary/aromatic N) is 2. The molecule has 0 saturated heterocycles. The van der Waals surface area contributed by atoms with Crippen molar-refractivity contribution in [1.82, 2.24) is 9.62 Å². The lowest BCUT2D eigenvalue weighted by Gasteiger charge is -2.22. The summed E-state index contributed by atoms with van der Waals surface area (Å²) in [7, 11) is -2.73. The molecule has 0 radical (unpaired) electrons. The van der Waals surface area contributed by atoms with Crippen molar-refractivity contribution in [3.63, 3.8) is 0 Å². The van der Waals surface area contributed by atoms with Crippen molar-refractivity contribution in [2.24, 2.45) is 5.92 Å². The Hall–Kier alpha value is -2.20. The van der Waals surface area contributed by atoms with E-state index in [1.807, 2.05) is 0 Å². The Bertz CT molecular complexity index is 676. The van der Waals surface area contributed by atoms with Gasteiger partial charge in [0.1, 0.15) is 0 Å². The van der Waals surface area contributed by atoms with Crippen LogP contribution in [-0.4, -0.2) is 49.0 Å². The number of para-hydroxylation sites is 1. The average Bonchev–Trinajstić information content (AvgIpc) is 2.50. The molecule has 0 saturated carbocycles. The van der Waals surface area contributed by atoms with E-state index >= 15 is 0 Å². The summed E-state index contributed by atoms with van der Waals surface area (Å²) in [4.78, 5) is 20.4. The van der Waals surface area contributed by atoms with Crippen LogP contribution in [0.1, 0.15) is 13.3 Å². The van der Waals surface area contributed by atoms with Crippen LogP contribution in [-0.2, 0) is 10.0 Å². The number of benzene rings is 1. The second kappa shape index (κ2) is 7.88. The van der Waals surface area contributed by atoms with E-state index in [-0.39, 0.29) is 23.9 Å². The molecular formula is C13H19N3O6S. The molecule has 0 spiro atoms.